The number of benzene rings is 1. The van der Waals surface area contributed by atoms with E-state index in [0.29, 0.717) is 6.61 Å². The van der Waals surface area contributed by atoms with Gasteiger partial charge in [-0.1, -0.05) is 61.3 Å². The van der Waals surface area contributed by atoms with Crippen molar-refractivity contribution in [1.82, 2.24) is 0 Å². The maximum absolute atomic E-state index is 10.7. The number of carbonyl (C=O) groups is 1. The van der Waals surface area contributed by atoms with Crippen LogP contribution in [-0.2, 0) is 21.0 Å². The van der Waals surface area contributed by atoms with Gasteiger partial charge < -0.3 is 9.57 Å². The molecule has 6 heteroatoms. The van der Waals surface area contributed by atoms with Crippen LogP contribution in [0.1, 0.15) is 14.9 Å². The molecule has 0 spiro atoms. The van der Waals surface area contributed by atoms with Crippen molar-refractivity contribution >= 4 is 44.0 Å². The van der Waals surface area contributed by atoms with Crippen LogP contribution in [0.2, 0.25) is 0 Å². The maximum atomic E-state index is 10.7. The molecule has 0 radical (unpaired) electrons. The van der Waals surface area contributed by atoms with Crippen LogP contribution in [0.5, 0.6) is 0 Å². The van der Waals surface area contributed by atoms with E-state index in [0.717, 1.165) is 17.3 Å². The van der Waals surface area contributed by atoms with Gasteiger partial charge in [-0.15, -0.1) is 0 Å². The number of hydrogen-bond donors (Lipinski definition) is 0. The highest BCUT2D eigenvalue weighted by Crippen LogP contribution is 2.28. The Hall–Kier alpha value is -0.880. The lowest BCUT2D eigenvalue weighted by Crippen LogP contribution is -2.01. The molecule has 0 aliphatic carbocycles. The molecule has 4 nitrogen and oxygen atoms in total. The lowest BCUT2D eigenvalue weighted by molar-refractivity contribution is -0.132. The molecule has 0 bridgehead atoms. The fourth-order valence-electron chi connectivity index (χ4n) is 1.00. The Morgan fingerprint density at radius 2 is 2.06 bits per heavy atom. The summed E-state index contributed by atoms with van der Waals surface area (Å²) in [7, 11) is 1.28. The quantitative estimate of drug-likeness (QED) is 0.349. The minimum atomic E-state index is -0.540. The highest BCUT2D eigenvalue weighted by atomic mass is 79.9. The van der Waals surface area contributed by atoms with E-state index >= 15 is 0 Å². The molecule has 0 atom stereocenters. The number of carbonyl (C=O) groups excluding carboxylic acids is 1. The molecule has 0 heterocycles. The summed E-state index contributed by atoms with van der Waals surface area (Å²) in [5.74, 6) is -0.540. The SMILES string of the molecule is COC(=O)/C=N/OCc1ccc(C(Br)Br)cc1. The molecule has 0 saturated heterocycles. The molecule has 0 amide bonds. The van der Waals surface area contributed by atoms with Crippen molar-refractivity contribution in [2.75, 3.05) is 7.11 Å². The molecule has 1 aromatic rings. The third-order valence-electron chi connectivity index (χ3n) is 1.90. The number of alkyl halides is 2. The van der Waals surface area contributed by atoms with E-state index in [9.17, 15) is 4.79 Å². The minimum absolute atomic E-state index is 0.141. The van der Waals surface area contributed by atoms with Crippen LogP contribution >= 0.6 is 31.9 Å². The standard InChI is InChI=1S/C11H11Br2NO3/c1-16-10(15)6-14-17-7-8-2-4-9(5-3-8)11(12)13/h2-6,11H,7H2,1H3/b14-6+. The Morgan fingerprint density at radius 3 is 2.59 bits per heavy atom. The van der Waals surface area contributed by atoms with Crippen LogP contribution in [0.15, 0.2) is 29.4 Å². The Balaban J connectivity index is 2.42. The van der Waals surface area contributed by atoms with Crippen molar-refractivity contribution in [3.05, 3.63) is 35.4 Å². The van der Waals surface area contributed by atoms with Gasteiger partial charge in [0.15, 0.2) is 6.21 Å². The number of oxime groups is 1. The summed E-state index contributed by atoms with van der Waals surface area (Å²) in [6, 6.07) is 7.80. The fourth-order valence-corrected chi connectivity index (χ4v) is 1.61. The molecular formula is C11H11Br2NO3. The maximum Gasteiger partial charge on any atom is 0.352 e. The molecule has 0 aliphatic rings. The van der Waals surface area contributed by atoms with E-state index in [1.807, 2.05) is 24.3 Å². The van der Waals surface area contributed by atoms with Crippen LogP contribution in [0.25, 0.3) is 0 Å². The first-order valence-electron chi connectivity index (χ1n) is 4.73. The Labute approximate surface area is 116 Å². The lowest BCUT2D eigenvalue weighted by Gasteiger charge is -2.03. The summed E-state index contributed by atoms with van der Waals surface area (Å²) in [5.41, 5.74) is 2.09. The second kappa shape index (κ2) is 7.45. The Bertz CT molecular complexity index is 390. The smallest absolute Gasteiger partial charge is 0.352 e. The third-order valence-corrected chi connectivity index (χ3v) is 2.95. The van der Waals surface area contributed by atoms with E-state index in [-0.39, 0.29) is 3.74 Å². The average molecular weight is 365 g/mol. The van der Waals surface area contributed by atoms with Gasteiger partial charge in [0.1, 0.15) is 6.61 Å². The topological polar surface area (TPSA) is 47.9 Å². The first-order valence-corrected chi connectivity index (χ1v) is 6.57. The monoisotopic (exact) mass is 363 g/mol. The second-order valence-electron chi connectivity index (χ2n) is 3.07. The van der Waals surface area contributed by atoms with Gasteiger partial charge in [-0.05, 0) is 11.1 Å². The Morgan fingerprint density at radius 1 is 1.41 bits per heavy atom. The van der Waals surface area contributed by atoms with Crippen LogP contribution < -0.4 is 0 Å². The predicted octanol–water partition coefficient (Wildman–Crippen LogP) is 3.15. The van der Waals surface area contributed by atoms with Gasteiger partial charge >= 0.3 is 5.97 Å². The van der Waals surface area contributed by atoms with Crippen LogP contribution in [0.3, 0.4) is 0 Å². The molecule has 92 valence electrons. The molecule has 0 aromatic heterocycles. The number of halogens is 2. The van der Waals surface area contributed by atoms with Gasteiger partial charge in [-0.25, -0.2) is 4.79 Å². The number of rotatable bonds is 5. The lowest BCUT2D eigenvalue weighted by atomic mass is 10.2. The number of hydrogen-bond acceptors (Lipinski definition) is 4. The number of methoxy groups -OCH3 is 1. The van der Waals surface area contributed by atoms with Crippen molar-refractivity contribution in [2.45, 2.75) is 10.3 Å². The third kappa shape index (κ3) is 5.32. The van der Waals surface area contributed by atoms with Crippen LogP contribution in [0, 0.1) is 0 Å². The van der Waals surface area contributed by atoms with Crippen molar-refractivity contribution in [2.24, 2.45) is 5.16 Å². The molecule has 0 unspecified atom stereocenters. The van der Waals surface area contributed by atoms with E-state index in [4.69, 9.17) is 4.84 Å². The molecule has 0 fully saturated rings. The predicted molar refractivity (Wildman–Crippen MR) is 72.3 cm³/mol. The molecule has 1 aromatic carbocycles. The number of ether oxygens (including phenoxy) is 1. The molecule has 1 rings (SSSR count). The molecule has 0 aliphatic heterocycles. The van der Waals surface area contributed by atoms with E-state index in [2.05, 4.69) is 41.8 Å². The number of esters is 1. The van der Waals surface area contributed by atoms with Gasteiger partial charge in [0.2, 0.25) is 0 Å². The van der Waals surface area contributed by atoms with Crippen LogP contribution in [-0.4, -0.2) is 19.3 Å². The van der Waals surface area contributed by atoms with Crippen molar-refractivity contribution in [3.8, 4) is 0 Å². The summed E-state index contributed by atoms with van der Waals surface area (Å²) in [4.78, 5) is 15.6. The zero-order chi connectivity index (χ0) is 12.7. The molecular weight excluding hydrogens is 354 g/mol. The largest absolute Gasteiger partial charge is 0.465 e. The average Bonchev–Trinajstić information content (AvgIpc) is 2.34. The summed E-state index contributed by atoms with van der Waals surface area (Å²) in [6.45, 7) is 0.309. The molecule has 0 N–H and O–H groups in total. The summed E-state index contributed by atoms with van der Waals surface area (Å²) in [6.07, 6.45) is 0.987. The zero-order valence-corrected chi connectivity index (χ0v) is 12.3. The fraction of sp³-hybridized carbons (Fsp3) is 0.273. The van der Waals surface area contributed by atoms with Crippen molar-refractivity contribution < 1.29 is 14.4 Å². The normalized spacial score (nSPS) is 10.8. The van der Waals surface area contributed by atoms with E-state index in [1.165, 1.54) is 7.11 Å². The van der Waals surface area contributed by atoms with Gasteiger partial charge in [0.25, 0.3) is 0 Å². The molecule has 0 saturated carbocycles. The van der Waals surface area contributed by atoms with Gasteiger partial charge in [0.05, 0.1) is 10.8 Å². The zero-order valence-electron chi connectivity index (χ0n) is 9.10. The van der Waals surface area contributed by atoms with E-state index < -0.39 is 5.97 Å². The van der Waals surface area contributed by atoms with Crippen molar-refractivity contribution in [1.29, 1.82) is 0 Å². The first kappa shape index (κ1) is 14.2. The van der Waals surface area contributed by atoms with Crippen LogP contribution in [0.4, 0.5) is 0 Å². The Kier molecular flexibility index (Phi) is 6.21. The van der Waals surface area contributed by atoms with Gasteiger partial charge in [-0.2, -0.15) is 0 Å². The first-order chi connectivity index (χ1) is 8.13. The summed E-state index contributed by atoms with van der Waals surface area (Å²) >= 11 is 6.81. The van der Waals surface area contributed by atoms with Gasteiger partial charge in [-0.3, -0.25) is 0 Å². The molecule has 17 heavy (non-hydrogen) atoms. The van der Waals surface area contributed by atoms with E-state index in [1.54, 1.807) is 0 Å². The summed E-state index contributed by atoms with van der Waals surface area (Å²) < 4.78 is 4.51. The number of nitrogens with zero attached hydrogens (tertiary/aromatic N) is 1. The highest BCUT2D eigenvalue weighted by molar-refractivity contribution is 9.24. The summed E-state index contributed by atoms with van der Waals surface area (Å²) in [5, 5.41) is 3.48. The van der Waals surface area contributed by atoms with Crippen molar-refractivity contribution in [3.63, 3.8) is 0 Å². The second-order valence-corrected chi connectivity index (χ2v) is 6.13. The van der Waals surface area contributed by atoms with Gasteiger partial charge in [0, 0.05) is 0 Å². The minimum Gasteiger partial charge on any atom is -0.465 e. The highest BCUT2D eigenvalue weighted by Gasteiger charge is 2.01.